The first-order valence-electron chi connectivity index (χ1n) is 6.78. The minimum Gasteiger partial charge on any atom is -0.444 e. The van der Waals surface area contributed by atoms with Crippen LogP contribution in [0.5, 0.6) is 0 Å². The number of rotatable bonds is 1. The minimum absolute atomic E-state index is 0.239. The lowest BCUT2D eigenvalue weighted by molar-refractivity contribution is 0.0448. The molecule has 1 aliphatic rings. The highest BCUT2D eigenvalue weighted by Crippen LogP contribution is 2.16. The van der Waals surface area contributed by atoms with Gasteiger partial charge in [0.05, 0.1) is 5.54 Å². The zero-order chi connectivity index (χ0) is 14.0. The Balaban J connectivity index is 2.77. The van der Waals surface area contributed by atoms with Crippen molar-refractivity contribution in [2.75, 3.05) is 13.1 Å². The molecule has 15 heavy (non-hydrogen) atoms. The van der Waals surface area contributed by atoms with E-state index in [9.17, 15) is 4.79 Å². The minimum atomic E-state index is -2.25. The van der Waals surface area contributed by atoms with E-state index in [0.29, 0.717) is 12.8 Å². The first-order chi connectivity index (χ1) is 8.06. The molecule has 1 atom stereocenters. The van der Waals surface area contributed by atoms with Gasteiger partial charge in [0.1, 0.15) is 5.60 Å². The molecule has 1 rings (SSSR count). The van der Waals surface area contributed by atoms with E-state index < -0.39 is 24.1 Å². The Morgan fingerprint density at radius 1 is 1.60 bits per heavy atom. The van der Waals surface area contributed by atoms with Crippen molar-refractivity contribution >= 4 is 6.09 Å². The van der Waals surface area contributed by atoms with Crippen molar-refractivity contribution in [2.24, 2.45) is 0 Å². The van der Waals surface area contributed by atoms with Crippen LogP contribution in [0, 0.1) is 0 Å². The van der Waals surface area contributed by atoms with Crippen LogP contribution in [0.4, 0.5) is 4.79 Å². The Hall–Kier alpha value is -0.770. The summed E-state index contributed by atoms with van der Waals surface area (Å²) in [5, 5.41) is 5.56. The van der Waals surface area contributed by atoms with Gasteiger partial charge in [-0.2, -0.15) is 0 Å². The number of carbonyl (C=O) groups is 1. The van der Waals surface area contributed by atoms with Crippen LogP contribution in [-0.2, 0) is 4.74 Å². The molecule has 1 aliphatic heterocycles. The molecule has 0 bridgehead atoms. The third-order valence-corrected chi connectivity index (χ3v) is 2.12. The van der Waals surface area contributed by atoms with E-state index in [-0.39, 0.29) is 6.54 Å². The molecule has 4 heteroatoms. The fraction of sp³-hybridized carbons (Fsp3) is 0.909. The highest BCUT2D eigenvalue weighted by atomic mass is 16.6. The molecule has 0 radical (unpaired) electrons. The maximum atomic E-state index is 11.8. The standard InChI is InChI=1S/C11H22N2O2/c1-10(2,3)15-9(14)13-11(4)6-5-7-12-8-11/h12H,5-8H2,1-4H3,(H,13,14)/t11-/m0/s1/i4D3. The van der Waals surface area contributed by atoms with E-state index in [4.69, 9.17) is 8.85 Å². The van der Waals surface area contributed by atoms with Crippen molar-refractivity contribution in [1.82, 2.24) is 10.6 Å². The predicted molar refractivity (Wildman–Crippen MR) is 59.9 cm³/mol. The van der Waals surface area contributed by atoms with Crippen LogP contribution in [-0.4, -0.2) is 30.3 Å². The molecule has 0 spiro atoms. The molecule has 1 saturated heterocycles. The fourth-order valence-corrected chi connectivity index (χ4v) is 1.51. The Labute approximate surface area is 96.0 Å². The molecule has 0 aromatic heterocycles. The second-order valence-corrected chi connectivity index (χ2v) is 4.99. The third-order valence-electron chi connectivity index (χ3n) is 2.12. The molecule has 0 aliphatic carbocycles. The number of hydrogen-bond donors (Lipinski definition) is 2. The summed E-state index contributed by atoms with van der Waals surface area (Å²) in [5.41, 5.74) is -1.87. The summed E-state index contributed by atoms with van der Waals surface area (Å²) >= 11 is 0. The maximum Gasteiger partial charge on any atom is 0.408 e. The van der Waals surface area contributed by atoms with Gasteiger partial charge in [0, 0.05) is 10.7 Å². The first-order valence-corrected chi connectivity index (χ1v) is 5.28. The van der Waals surface area contributed by atoms with Gasteiger partial charge in [-0.15, -0.1) is 0 Å². The molecule has 88 valence electrons. The summed E-state index contributed by atoms with van der Waals surface area (Å²) in [6.07, 6.45) is 0.464. The van der Waals surface area contributed by atoms with Crippen molar-refractivity contribution in [3.63, 3.8) is 0 Å². The quantitative estimate of drug-likeness (QED) is 0.702. The van der Waals surface area contributed by atoms with E-state index >= 15 is 0 Å². The van der Waals surface area contributed by atoms with Crippen LogP contribution < -0.4 is 10.6 Å². The molecular weight excluding hydrogens is 192 g/mol. The molecule has 1 fully saturated rings. The lowest BCUT2D eigenvalue weighted by atomic mass is 9.93. The number of piperidine rings is 1. The van der Waals surface area contributed by atoms with Crippen LogP contribution in [0.3, 0.4) is 0 Å². The SMILES string of the molecule is [2H]C([2H])([2H])[C@]1(NC(=O)OC(C)(C)C)CCCNC1. The molecule has 0 unspecified atom stereocenters. The van der Waals surface area contributed by atoms with Gasteiger partial charge in [-0.1, -0.05) is 0 Å². The van der Waals surface area contributed by atoms with Crippen molar-refractivity contribution in [1.29, 1.82) is 0 Å². The van der Waals surface area contributed by atoms with Gasteiger partial charge < -0.3 is 15.4 Å². The Bertz CT molecular complexity index is 304. The average Bonchev–Trinajstić information content (AvgIpc) is 2.13. The number of alkyl carbamates (subject to hydrolysis) is 1. The molecule has 4 nitrogen and oxygen atoms in total. The largest absolute Gasteiger partial charge is 0.444 e. The zero-order valence-corrected chi connectivity index (χ0v) is 9.64. The Morgan fingerprint density at radius 2 is 2.33 bits per heavy atom. The van der Waals surface area contributed by atoms with E-state index in [1.807, 2.05) is 0 Å². The van der Waals surface area contributed by atoms with Crippen molar-refractivity contribution < 1.29 is 13.6 Å². The van der Waals surface area contributed by atoms with Crippen LogP contribution in [0.1, 0.15) is 44.6 Å². The Kier molecular flexibility index (Phi) is 2.46. The summed E-state index contributed by atoms with van der Waals surface area (Å²) < 4.78 is 28.0. The van der Waals surface area contributed by atoms with Gasteiger partial charge in [-0.25, -0.2) is 4.79 Å². The maximum absolute atomic E-state index is 11.8. The fourth-order valence-electron chi connectivity index (χ4n) is 1.51. The summed E-state index contributed by atoms with van der Waals surface area (Å²) in [6, 6.07) is 0. The number of carbonyl (C=O) groups excluding carboxylic acids is 1. The van der Waals surface area contributed by atoms with Crippen molar-refractivity contribution in [3.05, 3.63) is 0 Å². The first kappa shape index (κ1) is 8.39. The van der Waals surface area contributed by atoms with E-state index in [2.05, 4.69) is 10.6 Å². The van der Waals surface area contributed by atoms with Crippen molar-refractivity contribution in [3.8, 4) is 0 Å². The molecule has 0 saturated carbocycles. The highest BCUT2D eigenvalue weighted by molar-refractivity contribution is 5.68. The second-order valence-electron chi connectivity index (χ2n) is 4.99. The number of amides is 1. The highest BCUT2D eigenvalue weighted by Gasteiger charge is 2.30. The third kappa shape index (κ3) is 4.51. The summed E-state index contributed by atoms with van der Waals surface area (Å²) in [6.45, 7) is 3.99. The average molecular weight is 217 g/mol. The Morgan fingerprint density at radius 3 is 2.80 bits per heavy atom. The van der Waals surface area contributed by atoms with E-state index in [1.165, 1.54) is 0 Å². The smallest absolute Gasteiger partial charge is 0.408 e. The van der Waals surface area contributed by atoms with Gasteiger partial charge >= 0.3 is 6.09 Å². The van der Waals surface area contributed by atoms with Gasteiger partial charge in [-0.3, -0.25) is 0 Å². The molecule has 2 N–H and O–H groups in total. The normalized spacial score (nSPS) is 31.0. The van der Waals surface area contributed by atoms with E-state index in [0.717, 1.165) is 6.54 Å². The second kappa shape index (κ2) is 4.39. The van der Waals surface area contributed by atoms with Gasteiger partial charge in [0.2, 0.25) is 0 Å². The van der Waals surface area contributed by atoms with Crippen molar-refractivity contribution in [2.45, 2.75) is 51.6 Å². The lowest BCUT2D eigenvalue weighted by Gasteiger charge is -2.35. The molecule has 1 amide bonds. The van der Waals surface area contributed by atoms with E-state index in [1.54, 1.807) is 20.8 Å². The summed E-state index contributed by atoms with van der Waals surface area (Å²) in [7, 11) is 0. The van der Waals surface area contributed by atoms with Crippen LogP contribution >= 0.6 is 0 Å². The van der Waals surface area contributed by atoms with Crippen LogP contribution in [0.2, 0.25) is 0 Å². The van der Waals surface area contributed by atoms with Gasteiger partial charge in [-0.05, 0) is 47.0 Å². The topological polar surface area (TPSA) is 50.4 Å². The van der Waals surface area contributed by atoms with Crippen LogP contribution in [0.15, 0.2) is 0 Å². The van der Waals surface area contributed by atoms with Crippen LogP contribution in [0.25, 0.3) is 0 Å². The summed E-state index contributed by atoms with van der Waals surface area (Å²) in [5.74, 6) is 0. The number of ether oxygens (including phenoxy) is 1. The number of nitrogens with one attached hydrogen (secondary N) is 2. The van der Waals surface area contributed by atoms with Gasteiger partial charge in [0.25, 0.3) is 0 Å². The number of hydrogen-bond acceptors (Lipinski definition) is 3. The lowest BCUT2D eigenvalue weighted by Crippen LogP contribution is -2.56. The molecule has 0 aromatic carbocycles. The molecular formula is C11H22N2O2. The predicted octanol–water partition coefficient (Wildman–Crippen LogP) is 1.65. The zero-order valence-electron chi connectivity index (χ0n) is 12.6. The molecule has 0 aromatic rings. The summed E-state index contributed by atoms with van der Waals surface area (Å²) in [4.78, 5) is 11.8. The molecule has 1 heterocycles. The monoisotopic (exact) mass is 217 g/mol. The van der Waals surface area contributed by atoms with Gasteiger partial charge in [0.15, 0.2) is 0 Å².